The molecule has 3 aliphatic rings. The third kappa shape index (κ3) is 6.80. The normalized spacial score (nSPS) is 21.2. The number of carbonyl (C=O) groups excluding carboxylic acids is 2. The molecule has 5 atom stereocenters. The summed E-state index contributed by atoms with van der Waals surface area (Å²) < 4.78 is 16.1. The van der Waals surface area contributed by atoms with E-state index in [2.05, 4.69) is 48.4 Å². The van der Waals surface area contributed by atoms with Crippen LogP contribution in [0.15, 0.2) is 149 Å². The van der Waals surface area contributed by atoms with E-state index in [1.54, 1.807) is 29.0 Å². The highest BCUT2D eigenvalue weighted by Crippen LogP contribution is 2.60. The number of H-pyrrole nitrogens is 2. The molecule has 14 heteroatoms. The smallest absolute Gasteiger partial charge is 0.279 e. The van der Waals surface area contributed by atoms with E-state index in [1.165, 1.54) is 9.36 Å². The monoisotopic (exact) mass is 924 g/mol. The van der Waals surface area contributed by atoms with Crippen LogP contribution < -0.4 is 25.9 Å². The molecule has 11 rings (SSSR count). The first-order valence-electron chi connectivity index (χ1n) is 23.2. The number of ether oxygens (including phenoxy) is 2. The van der Waals surface area contributed by atoms with Crippen LogP contribution in [0.1, 0.15) is 35.6 Å². The highest BCUT2D eigenvalue weighted by molar-refractivity contribution is 6.91. The first kappa shape index (κ1) is 43.3. The number of para-hydroxylation sites is 2. The Bertz CT molecular complexity index is 3410. The van der Waals surface area contributed by atoms with Crippen LogP contribution in [0.2, 0.25) is 18.6 Å². The summed E-state index contributed by atoms with van der Waals surface area (Å²) >= 11 is 0. The highest BCUT2D eigenvalue weighted by Gasteiger charge is 2.66. The van der Waals surface area contributed by atoms with Crippen LogP contribution in [0.3, 0.4) is 0 Å². The van der Waals surface area contributed by atoms with E-state index < -0.39 is 31.7 Å². The second-order valence-corrected chi connectivity index (χ2v) is 23.7. The summed E-state index contributed by atoms with van der Waals surface area (Å²) in [7, 11) is -1.05. The van der Waals surface area contributed by atoms with E-state index in [9.17, 15) is 19.5 Å². The van der Waals surface area contributed by atoms with Gasteiger partial charge in [-0.05, 0) is 95.4 Å². The lowest BCUT2D eigenvalue weighted by molar-refractivity contribution is -0.151. The SMILES string of the molecule is COc1ccc([Si](C)(C)[C@@H]2[C@@H](CC(=O)N3Cc4ccccc4C[C@H]3CO)O[C@]3(C(=O)N(Cc4cccc(-n5[nH]c6ccccc6c5=O)c4)c4ccc(-n5[nH]c6ccccc6c5=O)cc43)[C@H]2C)cc1. The Morgan fingerprint density at radius 2 is 1.41 bits per heavy atom. The number of aliphatic hydroxyl groups excluding tert-OH is 1. The number of hydrogen-bond donors (Lipinski definition) is 3. The van der Waals surface area contributed by atoms with Gasteiger partial charge < -0.3 is 24.4 Å². The van der Waals surface area contributed by atoms with Gasteiger partial charge in [0.1, 0.15) is 5.75 Å². The maximum atomic E-state index is 16.0. The van der Waals surface area contributed by atoms with Gasteiger partial charge in [0, 0.05) is 18.0 Å². The van der Waals surface area contributed by atoms with E-state index >= 15 is 4.79 Å². The number of rotatable bonds is 10. The van der Waals surface area contributed by atoms with Gasteiger partial charge in [-0.3, -0.25) is 29.4 Å². The van der Waals surface area contributed by atoms with Gasteiger partial charge in [0.15, 0.2) is 5.60 Å². The van der Waals surface area contributed by atoms with Gasteiger partial charge in [-0.2, -0.15) is 0 Å². The number of carbonyl (C=O) groups is 2. The predicted octanol–water partition coefficient (Wildman–Crippen LogP) is 7.06. The first-order chi connectivity index (χ1) is 32.9. The highest BCUT2D eigenvalue weighted by atomic mass is 28.3. The fourth-order valence-electron chi connectivity index (χ4n) is 11.6. The summed E-state index contributed by atoms with van der Waals surface area (Å²) in [6.07, 6.45) is -0.175. The van der Waals surface area contributed by atoms with Crippen molar-refractivity contribution < 1.29 is 24.2 Å². The largest absolute Gasteiger partial charge is 0.497 e. The number of benzene rings is 6. The number of aromatic nitrogens is 4. The van der Waals surface area contributed by atoms with Crippen molar-refractivity contribution in [1.29, 1.82) is 0 Å². The van der Waals surface area contributed by atoms with Gasteiger partial charge >= 0.3 is 0 Å². The summed E-state index contributed by atoms with van der Waals surface area (Å²) in [4.78, 5) is 62.0. The summed E-state index contributed by atoms with van der Waals surface area (Å²) in [5.74, 6) is -0.148. The molecule has 0 unspecified atom stereocenters. The number of amides is 2. The molecule has 0 radical (unpaired) electrons. The molecular weight excluding hydrogens is 873 g/mol. The van der Waals surface area contributed by atoms with E-state index in [0.29, 0.717) is 57.4 Å². The van der Waals surface area contributed by atoms with E-state index in [4.69, 9.17) is 9.47 Å². The van der Waals surface area contributed by atoms with Gasteiger partial charge in [0.05, 0.1) is 85.8 Å². The summed E-state index contributed by atoms with van der Waals surface area (Å²) in [5, 5.41) is 19.4. The van der Waals surface area contributed by atoms with E-state index in [0.717, 1.165) is 27.6 Å². The molecule has 8 aromatic rings. The zero-order chi connectivity index (χ0) is 47.1. The molecule has 3 aliphatic heterocycles. The van der Waals surface area contributed by atoms with Crippen molar-refractivity contribution in [2.24, 2.45) is 5.92 Å². The molecule has 5 heterocycles. The van der Waals surface area contributed by atoms with Gasteiger partial charge in [-0.25, -0.2) is 9.36 Å². The Morgan fingerprint density at radius 1 is 0.779 bits per heavy atom. The lowest BCUT2D eigenvalue weighted by Gasteiger charge is -2.39. The maximum absolute atomic E-state index is 16.0. The van der Waals surface area contributed by atoms with Crippen molar-refractivity contribution in [3.05, 3.63) is 182 Å². The van der Waals surface area contributed by atoms with Crippen molar-refractivity contribution in [3.8, 4) is 17.1 Å². The Balaban J connectivity index is 1.04. The molecule has 68 heavy (non-hydrogen) atoms. The van der Waals surface area contributed by atoms with Crippen LogP contribution in [0.4, 0.5) is 5.69 Å². The van der Waals surface area contributed by atoms with Gasteiger partial charge in [0.25, 0.3) is 17.0 Å². The third-order valence-corrected chi connectivity index (χ3v) is 19.4. The number of methoxy groups -OCH3 is 1. The molecule has 0 bridgehead atoms. The number of nitrogens with zero attached hydrogens (tertiary/aromatic N) is 4. The third-order valence-electron chi connectivity index (χ3n) is 15.0. The number of aliphatic hydroxyl groups is 1. The fourth-order valence-corrected chi connectivity index (χ4v) is 15.6. The molecular formula is C54H52N6O7Si. The zero-order valence-electron chi connectivity index (χ0n) is 38.3. The summed E-state index contributed by atoms with van der Waals surface area (Å²) in [6.45, 7) is 6.96. The molecule has 2 amide bonds. The molecule has 3 N–H and O–H groups in total. The predicted molar refractivity (Wildman–Crippen MR) is 265 cm³/mol. The molecule has 344 valence electrons. The Hall–Kier alpha value is -7.26. The van der Waals surface area contributed by atoms with Crippen LogP contribution >= 0.6 is 0 Å². The minimum Gasteiger partial charge on any atom is -0.497 e. The number of hydrogen-bond acceptors (Lipinski definition) is 7. The second kappa shape index (κ2) is 16.5. The molecule has 2 aromatic heterocycles. The van der Waals surface area contributed by atoms with E-state index in [1.807, 2.05) is 109 Å². The summed E-state index contributed by atoms with van der Waals surface area (Å²) in [6, 6.07) is 43.6. The van der Waals surface area contributed by atoms with Crippen LogP contribution in [0.5, 0.6) is 5.75 Å². The fraction of sp³-hybridized carbons (Fsp3) is 0.259. The van der Waals surface area contributed by atoms with Crippen LogP contribution in [0.25, 0.3) is 33.2 Å². The molecule has 13 nitrogen and oxygen atoms in total. The number of fused-ring (bicyclic) bond motifs is 5. The molecule has 0 saturated carbocycles. The molecule has 0 aliphatic carbocycles. The quantitative estimate of drug-likeness (QED) is 0.124. The topological polar surface area (TPSA) is 155 Å². The molecule has 1 spiro atoms. The van der Waals surface area contributed by atoms with Crippen LogP contribution in [0, 0.1) is 5.92 Å². The molecule has 1 saturated heterocycles. The Labute approximate surface area is 393 Å². The lowest BCUT2D eigenvalue weighted by atomic mass is 9.82. The number of anilines is 1. The van der Waals surface area contributed by atoms with Crippen molar-refractivity contribution in [3.63, 3.8) is 0 Å². The van der Waals surface area contributed by atoms with Gasteiger partial charge in [-0.1, -0.05) is 98.0 Å². The lowest BCUT2D eigenvalue weighted by Crippen LogP contribution is -2.52. The second-order valence-electron chi connectivity index (χ2n) is 19.1. The Morgan fingerprint density at radius 3 is 2.06 bits per heavy atom. The van der Waals surface area contributed by atoms with Gasteiger partial charge in [0.2, 0.25) is 5.91 Å². The van der Waals surface area contributed by atoms with Crippen LogP contribution in [-0.4, -0.2) is 75.3 Å². The van der Waals surface area contributed by atoms with Crippen LogP contribution in [-0.2, 0) is 39.4 Å². The zero-order valence-corrected chi connectivity index (χ0v) is 39.3. The van der Waals surface area contributed by atoms with Crippen molar-refractivity contribution in [2.45, 2.75) is 69.2 Å². The summed E-state index contributed by atoms with van der Waals surface area (Å²) in [5.41, 5.74) is 4.49. The number of nitrogens with one attached hydrogen (secondary N) is 2. The minimum absolute atomic E-state index is 0.00686. The standard InChI is InChI=1S/C54H52N6O7Si/c1-33-50(68(3,4)41-23-21-40(66-2)22-24-41)48(29-49(62)57-31-36-14-6-5-13-35(36)27-39(57)32-61)67-54(33)44-28-38(60-52(64)43-17-8-10-19-46(43)56-60)20-25-47(44)58(53(54)65)30-34-12-11-15-37(26-34)59-51(63)42-16-7-9-18-45(42)55-59/h5-26,28,33,39,48,50,55-56,61H,27,29-32H2,1-4H3/t33-,39-,48+,50-,54+/m0/s1. The average molecular weight is 925 g/mol. The van der Waals surface area contributed by atoms with E-state index in [-0.39, 0.29) is 48.0 Å². The average Bonchev–Trinajstić information content (AvgIpc) is 4.05. The Kier molecular flexibility index (Phi) is 10.5. The molecule has 1 fully saturated rings. The molecule has 6 aromatic carbocycles. The number of aromatic amines is 2. The van der Waals surface area contributed by atoms with Crippen molar-refractivity contribution >= 4 is 52.6 Å². The minimum atomic E-state index is -2.69. The van der Waals surface area contributed by atoms with Gasteiger partial charge in [-0.15, -0.1) is 0 Å². The first-order valence-corrected chi connectivity index (χ1v) is 26.2. The maximum Gasteiger partial charge on any atom is 0.279 e. The van der Waals surface area contributed by atoms with Crippen molar-refractivity contribution in [2.75, 3.05) is 18.6 Å². The van der Waals surface area contributed by atoms with Crippen molar-refractivity contribution in [1.82, 2.24) is 24.5 Å².